The van der Waals surface area contributed by atoms with Crippen LogP contribution in [0.3, 0.4) is 0 Å². The van der Waals surface area contributed by atoms with Crippen LogP contribution in [0, 0.1) is 41.5 Å². The summed E-state index contributed by atoms with van der Waals surface area (Å²) in [6.45, 7) is 23.3. The van der Waals surface area contributed by atoms with Crippen molar-refractivity contribution in [3.05, 3.63) is 261 Å². The van der Waals surface area contributed by atoms with Crippen LogP contribution < -0.4 is 38.4 Å². The number of fused-ring (bicyclic) bond motifs is 12. The molecule has 0 atom stereocenters. The summed E-state index contributed by atoms with van der Waals surface area (Å²) in [4.78, 5) is 76.8. The third-order valence-electron chi connectivity index (χ3n) is 20.0. The van der Waals surface area contributed by atoms with Crippen molar-refractivity contribution in [2.45, 2.75) is 112 Å². The lowest BCUT2D eigenvalue weighted by Crippen LogP contribution is -2.38. The summed E-state index contributed by atoms with van der Waals surface area (Å²) in [6.07, 6.45) is 16.6. The van der Waals surface area contributed by atoms with E-state index in [0.29, 0.717) is 126 Å². The molecule has 580 valence electrons. The van der Waals surface area contributed by atoms with E-state index in [-0.39, 0.29) is 18.6 Å². The molecule has 1 N–H and O–H groups in total. The van der Waals surface area contributed by atoms with Crippen LogP contribution in [0.25, 0.3) is 0 Å². The molecule has 5 aliphatic rings. The van der Waals surface area contributed by atoms with Crippen molar-refractivity contribution in [2.75, 3.05) is 120 Å². The van der Waals surface area contributed by atoms with Gasteiger partial charge in [0, 0.05) is 114 Å². The van der Waals surface area contributed by atoms with Gasteiger partial charge in [0.1, 0.15) is 84.0 Å². The number of aliphatic hydroxyl groups is 1. The highest BCUT2D eigenvalue weighted by molar-refractivity contribution is 5.94. The lowest BCUT2D eigenvalue weighted by atomic mass is 9.99. The Kier molecular flexibility index (Phi) is 28.9. The molecule has 0 unspecified atom stereocenters. The SMILES string of the molecule is Cc1cccc(C)c1CC(=O)N1C/C=C/COc2cccc(c2)Cc2cc1ncn2.Cc1cccc(C)c1OC(=O)N1C/C=C\COCc2cc(ccc2OCCN2CCC(O)CC2)Cc2nccc1n2.Cc1cccc(C)c1OC(=O)N1CCCCOCc2cc(ccc2OCCN2CCOCC2)Cc2nccc1n2. The van der Waals surface area contributed by atoms with Gasteiger partial charge in [-0.15, -0.1) is 0 Å². The first-order valence-electron chi connectivity index (χ1n) is 38.4. The van der Waals surface area contributed by atoms with Crippen LogP contribution in [0.2, 0.25) is 0 Å². The lowest BCUT2D eigenvalue weighted by molar-refractivity contribution is -0.117. The Morgan fingerprint density at radius 3 is 1.65 bits per heavy atom. The number of morpholine rings is 1. The van der Waals surface area contributed by atoms with E-state index < -0.39 is 12.2 Å². The molecule has 0 saturated carbocycles. The second-order valence-electron chi connectivity index (χ2n) is 28.3. The monoisotopic (exact) mass is 1500 g/mol. The van der Waals surface area contributed by atoms with Crippen LogP contribution in [0.4, 0.5) is 27.0 Å². The Bertz CT molecular complexity index is 4610. The van der Waals surface area contributed by atoms with Crippen LogP contribution in [-0.2, 0) is 57.9 Å². The normalized spacial score (nSPS) is 16.4. The molecule has 14 rings (SSSR count). The second kappa shape index (κ2) is 40.2. The highest BCUT2D eigenvalue weighted by atomic mass is 16.6. The fraction of sp³-hybridized carbons (Fsp3) is 0.375. The van der Waals surface area contributed by atoms with Gasteiger partial charge in [-0.1, -0.05) is 97.1 Å². The molecule has 5 aliphatic heterocycles. The van der Waals surface area contributed by atoms with Gasteiger partial charge in [0.15, 0.2) is 0 Å². The predicted molar refractivity (Wildman–Crippen MR) is 427 cm³/mol. The fourth-order valence-corrected chi connectivity index (χ4v) is 13.7. The van der Waals surface area contributed by atoms with Crippen molar-refractivity contribution in [1.82, 2.24) is 39.7 Å². The molecule has 3 amide bonds. The van der Waals surface area contributed by atoms with E-state index in [2.05, 4.69) is 41.9 Å². The fourth-order valence-electron chi connectivity index (χ4n) is 13.7. The summed E-state index contributed by atoms with van der Waals surface area (Å²) in [5.74, 6) is 6.49. The number of aromatic nitrogens is 6. The standard InChI is InChI=1S/C32H38N4O5.C31H38N4O5.C25H25N3O2/c1-23-6-5-7-24(2)31(23)41-32(38)36-14-3-4-18-39-22-26-20-25(21-29-33-13-10-30(36)34-29)8-9-28(26)40-19-17-35-15-11-27(37)12-16-35;1-23-6-5-7-24(2)30(23)40-31(36)35-12-3-4-16-38-22-26-20-25(21-28-32-11-10-29(35)33-28)8-9-27(26)39-19-15-34-13-17-37-18-14-34;1-18-7-5-8-19(2)23(18)16-25(29)28-11-3-4-12-30-22-10-6-9-20(14-22)13-21-15-24(28)27-17-26-21/h3-10,13,20,27,37H,11-12,14-19,21-22H2,1-2H3;5-11,20H,3-4,12-19,21-22H2,1-2H3;3-10,14-15,17H,11-13,16H2,1-2H3/b4-3-;;4-3+. The first kappa shape index (κ1) is 79.8. The summed E-state index contributed by atoms with van der Waals surface area (Å²) in [5, 5.41) is 9.74. The van der Waals surface area contributed by atoms with Gasteiger partial charge in [-0.05, 0) is 177 Å². The second-order valence-corrected chi connectivity index (χ2v) is 28.3. The molecule has 0 aliphatic carbocycles. The topological polar surface area (TPSA) is 239 Å². The van der Waals surface area contributed by atoms with Gasteiger partial charge in [0.05, 0.1) is 51.3 Å². The molecule has 12 bridgehead atoms. The number of likely N-dealkylation sites (tertiary alicyclic amines) is 1. The van der Waals surface area contributed by atoms with E-state index in [1.165, 1.54) is 11.2 Å². The zero-order valence-corrected chi connectivity index (χ0v) is 64.6. The number of piperidine rings is 1. The Morgan fingerprint density at radius 1 is 0.486 bits per heavy atom. The first-order chi connectivity index (χ1) is 54.1. The van der Waals surface area contributed by atoms with Crippen molar-refractivity contribution in [3.63, 3.8) is 0 Å². The summed E-state index contributed by atoms with van der Waals surface area (Å²) >= 11 is 0. The predicted octanol–water partition coefficient (Wildman–Crippen LogP) is 13.5. The number of hydrogen-bond donors (Lipinski definition) is 1. The molecule has 0 spiro atoms. The number of para-hydroxylation sites is 2. The van der Waals surface area contributed by atoms with E-state index >= 15 is 0 Å². The zero-order chi connectivity index (χ0) is 77.3. The molecular weight excluding hydrogens is 1400 g/mol. The number of aliphatic hydroxyl groups excluding tert-OH is 1. The molecule has 6 aromatic carbocycles. The molecule has 0 radical (unpaired) electrons. The zero-order valence-electron chi connectivity index (χ0n) is 64.6. The van der Waals surface area contributed by atoms with Crippen molar-refractivity contribution >= 4 is 35.5 Å². The Balaban J connectivity index is 0.000000157. The number of rotatable bonds is 12. The number of nitrogens with zero attached hydrogens (tertiary/aromatic N) is 11. The number of carbonyl (C=O) groups is 3. The molecule has 111 heavy (non-hydrogen) atoms. The minimum Gasteiger partial charge on any atom is -0.492 e. The molecule has 2 saturated heterocycles. The van der Waals surface area contributed by atoms with E-state index in [1.54, 1.807) is 34.3 Å². The Morgan fingerprint density at radius 2 is 1.03 bits per heavy atom. The van der Waals surface area contributed by atoms with Gasteiger partial charge >= 0.3 is 12.2 Å². The molecule has 8 heterocycles. The number of aryl methyl sites for hydroxylation is 6. The van der Waals surface area contributed by atoms with Gasteiger partial charge in [-0.25, -0.2) is 39.5 Å². The summed E-state index contributed by atoms with van der Waals surface area (Å²) in [7, 11) is 0. The number of anilines is 3. The third-order valence-corrected chi connectivity index (χ3v) is 20.0. The smallest absolute Gasteiger partial charge is 0.421 e. The van der Waals surface area contributed by atoms with Gasteiger partial charge in [-0.3, -0.25) is 29.3 Å². The van der Waals surface area contributed by atoms with Gasteiger partial charge in [0.2, 0.25) is 5.91 Å². The number of carbonyl (C=O) groups excluding carboxylic acids is 3. The van der Waals surface area contributed by atoms with Gasteiger partial charge in [-0.2, -0.15) is 0 Å². The lowest BCUT2D eigenvalue weighted by Gasteiger charge is -2.29. The van der Waals surface area contributed by atoms with E-state index in [4.69, 9.17) is 47.9 Å². The van der Waals surface area contributed by atoms with Crippen LogP contribution in [-0.4, -0.2) is 174 Å². The molecule has 9 aromatic rings. The molecular formula is C88H101N11O12. The van der Waals surface area contributed by atoms with Crippen LogP contribution >= 0.6 is 0 Å². The Labute approximate surface area is 650 Å². The maximum absolute atomic E-state index is 13.4. The number of ether oxygens (including phenoxy) is 8. The van der Waals surface area contributed by atoms with Crippen molar-refractivity contribution in [3.8, 4) is 28.7 Å². The largest absolute Gasteiger partial charge is 0.492 e. The molecule has 2 fully saturated rings. The van der Waals surface area contributed by atoms with Crippen LogP contribution in [0.15, 0.2) is 176 Å². The highest BCUT2D eigenvalue weighted by Gasteiger charge is 2.26. The van der Waals surface area contributed by atoms with Gasteiger partial charge in [0.25, 0.3) is 0 Å². The van der Waals surface area contributed by atoms with E-state index in [0.717, 1.165) is 168 Å². The number of amides is 3. The van der Waals surface area contributed by atoms with Crippen LogP contribution in [0.5, 0.6) is 28.7 Å². The summed E-state index contributed by atoms with van der Waals surface area (Å²) < 4.78 is 47.3. The van der Waals surface area contributed by atoms with Gasteiger partial charge < -0.3 is 43.0 Å². The van der Waals surface area contributed by atoms with Crippen molar-refractivity contribution in [1.29, 1.82) is 0 Å². The van der Waals surface area contributed by atoms with Crippen molar-refractivity contribution in [2.24, 2.45) is 0 Å². The third kappa shape index (κ3) is 23.2. The van der Waals surface area contributed by atoms with Crippen LogP contribution in [0.1, 0.15) is 110 Å². The minimum absolute atomic E-state index is 0.0121. The summed E-state index contributed by atoms with van der Waals surface area (Å²) in [6, 6.07) is 43.3. The Hall–Kier alpha value is -10.8. The maximum atomic E-state index is 13.4. The average molecular weight is 1500 g/mol. The van der Waals surface area contributed by atoms with E-state index in [1.807, 2.05) is 175 Å². The van der Waals surface area contributed by atoms with E-state index in [9.17, 15) is 19.5 Å². The first-order valence-corrected chi connectivity index (χ1v) is 38.4. The maximum Gasteiger partial charge on any atom is 0.421 e. The number of benzene rings is 6. The molecule has 23 nitrogen and oxygen atoms in total. The minimum atomic E-state index is -0.505. The summed E-state index contributed by atoms with van der Waals surface area (Å²) in [5.41, 5.74) is 13.0. The average Bonchev–Trinajstić information content (AvgIpc) is 1.25. The molecule has 3 aromatic heterocycles. The van der Waals surface area contributed by atoms with Crippen molar-refractivity contribution < 1.29 is 57.4 Å². The molecule has 23 heteroatoms. The quantitative estimate of drug-likeness (QED) is 0.112. The number of hydrogen-bond acceptors (Lipinski definition) is 20. The highest BCUT2D eigenvalue weighted by Crippen LogP contribution is 2.31.